The quantitative estimate of drug-likeness (QED) is 0.640. The Kier molecular flexibility index (Phi) is 5.77. The average Bonchev–Trinajstić information content (AvgIpc) is 2.43. The minimum absolute atomic E-state index is 0.172. The number of anilines is 1. The molecule has 0 saturated heterocycles. The van der Waals surface area contributed by atoms with E-state index in [1.807, 2.05) is 18.9 Å². The molecule has 1 aromatic rings. The van der Waals surface area contributed by atoms with Crippen molar-refractivity contribution in [3.63, 3.8) is 0 Å². The van der Waals surface area contributed by atoms with Gasteiger partial charge >= 0.3 is 0 Å². The Morgan fingerprint density at radius 2 is 2.10 bits per heavy atom. The zero-order valence-corrected chi connectivity index (χ0v) is 12.3. The molecule has 0 heterocycles. The fourth-order valence-corrected chi connectivity index (χ4v) is 1.57. The van der Waals surface area contributed by atoms with Gasteiger partial charge in [0.05, 0.1) is 12.7 Å². The molecule has 20 heavy (non-hydrogen) atoms. The first kappa shape index (κ1) is 15.8. The second-order valence-electron chi connectivity index (χ2n) is 4.35. The summed E-state index contributed by atoms with van der Waals surface area (Å²) in [7, 11) is 3.39. The molecule has 0 aliphatic carbocycles. The topological polar surface area (TPSA) is 58.6 Å². The second kappa shape index (κ2) is 7.33. The Morgan fingerprint density at radius 1 is 1.40 bits per heavy atom. The first-order valence-corrected chi connectivity index (χ1v) is 6.36. The van der Waals surface area contributed by atoms with Gasteiger partial charge in [-0.25, -0.2) is 0 Å². The standard InChI is InChI=1S/C15H20N2O3/c1-5-17(3)9-8-14(19)13-10-12(16-11(2)18)6-7-15(13)20-4/h6-10H,5H2,1-4H3,(H,16,18)/b9-8+. The van der Waals surface area contributed by atoms with E-state index in [4.69, 9.17) is 4.74 Å². The van der Waals surface area contributed by atoms with Crippen molar-refractivity contribution in [3.05, 3.63) is 36.0 Å². The van der Waals surface area contributed by atoms with Gasteiger partial charge in [-0.05, 0) is 25.1 Å². The number of carbonyl (C=O) groups excluding carboxylic acids is 2. The van der Waals surface area contributed by atoms with Crippen LogP contribution in [-0.2, 0) is 4.79 Å². The highest BCUT2D eigenvalue weighted by Crippen LogP contribution is 2.23. The van der Waals surface area contributed by atoms with E-state index in [1.165, 1.54) is 20.1 Å². The molecule has 1 aromatic carbocycles. The molecular weight excluding hydrogens is 256 g/mol. The van der Waals surface area contributed by atoms with Crippen LogP contribution in [0.25, 0.3) is 0 Å². The van der Waals surface area contributed by atoms with Crippen LogP contribution in [0.1, 0.15) is 24.2 Å². The van der Waals surface area contributed by atoms with Crippen LogP contribution in [0.4, 0.5) is 5.69 Å². The molecule has 0 aliphatic heterocycles. The highest BCUT2D eigenvalue weighted by atomic mass is 16.5. The molecule has 0 aromatic heterocycles. The van der Waals surface area contributed by atoms with Crippen LogP contribution in [0.15, 0.2) is 30.5 Å². The van der Waals surface area contributed by atoms with Crippen LogP contribution in [0.2, 0.25) is 0 Å². The fourth-order valence-electron chi connectivity index (χ4n) is 1.57. The molecule has 1 rings (SSSR count). The lowest BCUT2D eigenvalue weighted by atomic mass is 10.1. The first-order chi connectivity index (χ1) is 9.47. The number of hydrogen-bond acceptors (Lipinski definition) is 4. The van der Waals surface area contributed by atoms with Crippen LogP contribution >= 0.6 is 0 Å². The van der Waals surface area contributed by atoms with Crippen LogP contribution in [0.5, 0.6) is 5.75 Å². The molecule has 108 valence electrons. The molecule has 1 N–H and O–H groups in total. The number of ketones is 1. The number of ether oxygens (including phenoxy) is 1. The fraction of sp³-hybridized carbons (Fsp3) is 0.333. The van der Waals surface area contributed by atoms with E-state index in [2.05, 4.69) is 5.32 Å². The lowest BCUT2D eigenvalue weighted by Gasteiger charge is -2.11. The number of allylic oxidation sites excluding steroid dienone is 1. The van der Waals surface area contributed by atoms with Gasteiger partial charge in [-0.15, -0.1) is 0 Å². The number of amides is 1. The monoisotopic (exact) mass is 276 g/mol. The predicted molar refractivity (Wildman–Crippen MR) is 79.1 cm³/mol. The van der Waals surface area contributed by atoms with Crippen LogP contribution < -0.4 is 10.1 Å². The summed E-state index contributed by atoms with van der Waals surface area (Å²) in [4.78, 5) is 25.1. The Balaban J connectivity index is 3.04. The lowest BCUT2D eigenvalue weighted by Crippen LogP contribution is -2.10. The molecule has 0 saturated carbocycles. The average molecular weight is 276 g/mol. The van der Waals surface area contributed by atoms with Gasteiger partial charge in [0.1, 0.15) is 5.75 Å². The summed E-state index contributed by atoms with van der Waals surface area (Å²) < 4.78 is 5.18. The highest BCUT2D eigenvalue weighted by Gasteiger charge is 2.11. The van der Waals surface area contributed by atoms with Crippen LogP contribution in [0, 0.1) is 0 Å². The second-order valence-corrected chi connectivity index (χ2v) is 4.35. The Morgan fingerprint density at radius 3 is 2.65 bits per heavy atom. The van der Waals surface area contributed by atoms with Crippen molar-refractivity contribution in [2.45, 2.75) is 13.8 Å². The number of benzene rings is 1. The smallest absolute Gasteiger partial charge is 0.221 e. The van der Waals surface area contributed by atoms with Crippen molar-refractivity contribution in [3.8, 4) is 5.75 Å². The van der Waals surface area contributed by atoms with E-state index in [0.29, 0.717) is 17.0 Å². The third-order valence-corrected chi connectivity index (χ3v) is 2.76. The van der Waals surface area contributed by atoms with Crippen molar-refractivity contribution in [2.24, 2.45) is 0 Å². The third kappa shape index (κ3) is 4.42. The number of nitrogens with one attached hydrogen (secondary N) is 1. The van der Waals surface area contributed by atoms with Crippen LogP contribution in [0.3, 0.4) is 0 Å². The summed E-state index contributed by atoms with van der Waals surface area (Å²) >= 11 is 0. The van der Waals surface area contributed by atoms with Crippen molar-refractivity contribution in [1.29, 1.82) is 0 Å². The molecule has 1 amide bonds. The van der Waals surface area contributed by atoms with E-state index < -0.39 is 0 Å². The Labute approximate surface area is 119 Å². The Bertz CT molecular complexity index is 524. The summed E-state index contributed by atoms with van der Waals surface area (Å²) in [5.74, 6) is 0.122. The van der Waals surface area contributed by atoms with Crippen molar-refractivity contribution in [2.75, 3.05) is 26.0 Å². The molecule has 0 atom stereocenters. The maximum Gasteiger partial charge on any atom is 0.221 e. The van der Waals surface area contributed by atoms with E-state index in [-0.39, 0.29) is 11.7 Å². The van der Waals surface area contributed by atoms with E-state index in [0.717, 1.165) is 6.54 Å². The maximum atomic E-state index is 12.2. The van der Waals surface area contributed by atoms with Crippen molar-refractivity contribution >= 4 is 17.4 Å². The summed E-state index contributed by atoms with van der Waals surface area (Å²) in [6.45, 7) is 4.22. The number of rotatable bonds is 6. The largest absolute Gasteiger partial charge is 0.496 e. The molecular formula is C15H20N2O3. The summed E-state index contributed by atoms with van der Waals surface area (Å²) in [6, 6.07) is 4.97. The van der Waals surface area contributed by atoms with Crippen LogP contribution in [-0.4, -0.2) is 37.3 Å². The van der Waals surface area contributed by atoms with Gasteiger partial charge in [0, 0.05) is 38.5 Å². The molecule has 5 heteroatoms. The summed E-state index contributed by atoms with van der Waals surface area (Å²) in [5.41, 5.74) is 0.985. The van der Waals surface area contributed by atoms with E-state index in [1.54, 1.807) is 24.4 Å². The molecule has 0 spiro atoms. The first-order valence-electron chi connectivity index (χ1n) is 6.36. The molecule has 0 unspecified atom stereocenters. The van der Waals surface area contributed by atoms with Gasteiger partial charge in [-0.1, -0.05) is 0 Å². The molecule has 0 fully saturated rings. The minimum Gasteiger partial charge on any atom is -0.496 e. The van der Waals surface area contributed by atoms with Gasteiger partial charge in [0.2, 0.25) is 5.91 Å². The summed E-state index contributed by atoms with van der Waals surface area (Å²) in [6.07, 6.45) is 3.20. The molecule has 0 bridgehead atoms. The number of nitrogens with zero attached hydrogens (tertiary/aromatic N) is 1. The third-order valence-electron chi connectivity index (χ3n) is 2.76. The zero-order chi connectivity index (χ0) is 15.1. The summed E-state index contributed by atoms with van der Waals surface area (Å²) in [5, 5.41) is 2.65. The van der Waals surface area contributed by atoms with Gasteiger partial charge in [-0.2, -0.15) is 0 Å². The lowest BCUT2D eigenvalue weighted by molar-refractivity contribution is -0.114. The molecule has 5 nitrogen and oxygen atoms in total. The molecule has 0 aliphatic rings. The minimum atomic E-state index is -0.185. The predicted octanol–water partition coefficient (Wildman–Crippen LogP) is 2.30. The maximum absolute atomic E-state index is 12.2. The number of hydrogen-bond donors (Lipinski definition) is 1. The van der Waals surface area contributed by atoms with Crippen molar-refractivity contribution in [1.82, 2.24) is 4.90 Å². The van der Waals surface area contributed by atoms with Gasteiger partial charge in [0.25, 0.3) is 0 Å². The number of carbonyl (C=O) groups is 2. The molecule has 0 radical (unpaired) electrons. The SMILES string of the molecule is CCN(C)/C=C/C(=O)c1cc(NC(C)=O)ccc1OC. The van der Waals surface area contributed by atoms with Gasteiger partial charge in [-0.3, -0.25) is 9.59 Å². The zero-order valence-electron chi connectivity index (χ0n) is 12.3. The highest BCUT2D eigenvalue weighted by molar-refractivity contribution is 6.07. The van der Waals surface area contributed by atoms with E-state index >= 15 is 0 Å². The van der Waals surface area contributed by atoms with E-state index in [9.17, 15) is 9.59 Å². The normalized spacial score (nSPS) is 10.4. The number of methoxy groups -OCH3 is 1. The van der Waals surface area contributed by atoms with Crippen molar-refractivity contribution < 1.29 is 14.3 Å². The van der Waals surface area contributed by atoms with Gasteiger partial charge in [0.15, 0.2) is 5.78 Å². The Hall–Kier alpha value is -2.30. The van der Waals surface area contributed by atoms with Gasteiger partial charge < -0.3 is 15.0 Å².